The molecular formula is C10H9FN2O2S. The average molecular weight is 240 g/mol. The zero-order chi connectivity index (χ0) is 11.9. The summed E-state index contributed by atoms with van der Waals surface area (Å²) in [4.78, 5) is 1.57. The van der Waals surface area contributed by atoms with Crippen LogP contribution in [-0.2, 0) is 9.84 Å². The summed E-state index contributed by atoms with van der Waals surface area (Å²) in [7, 11) is -1.90. The van der Waals surface area contributed by atoms with Gasteiger partial charge in [-0.2, -0.15) is 5.26 Å². The molecule has 0 N–H and O–H groups in total. The van der Waals surface area contributed by atoms with Crippen molar-refractivity contribution in [3.05, 3.63) is 24.0 Å². The first-order valence-electron chi connectivity index (χ1n) is 4.60. The van der Waals surface area contributed by atoms with Crippen molar-refractivity contribution >= 4 is 15.5 Å². The molecule has 0 spiro atoms. The summed E-state index contributed by atoms with van der Waals surface area (Å²) in [5.41, 5.74) is 0.248. The zero-order valence-corrected chi connectivity index (χ0v) is 9.33. The molecule has 2 rings (SSSR count). The van der Waals surface area contributed by atoms with Gasteiger partial charge in [0.1, 0.15) is 11.9 Å². The molecule has 1 aliphatic heterocycles. The van der Waals surface area contributed by atoms with Gasteiger partial charge in [-0.15, -0.1) is 0 Å². The van der Waals surface area contributed by atoms with Gasteiger partial charge in [-0.3, -0.25) is 0 Å². The van der Waals surface area contributed by atoms with Crippen molar-refractivity contribution in [1.82, 2.24) is 0 Å². The number of halogens is 1. The van der Waals surface area contributed by atoms with Gasteiger partial charge in [-0.25, -0.2) is 12.8 Å². The molecule has 0 aromatic heterocycles. The maximum atomic E-state index is 13.0. The molecule has 84 valence electrons. The van der Waals surface area contributed by atoms with E-state index < -0.39 is 21.7 Å². The summed E-state index contributed by atoms with van der Waals surface area (Å²) in [6.07, 6.45) is 0. The molecule has 1 unspecified atom stereocenters. The number of anilines is 1. The molecule has 6 heteroatoms. The lowest BCUT2D eigenvalue weighted by atomic mass is 10.2. The molecule has 0 saturated heterocycles. The van der Waals surface area contributed by atoms with Crippen molar-refractivity contribution in [3.63, 3.8) is 0 Å². The predicted octanol–water partition coefficient (Wildman–Crippen LogP) is 0.941. The third kappa shape index (κ3) is 1.53. The van der Waals surface area contributed by atoms with E-state index in [2.05, 4.69) is 0 Å². The van der Waals surface area contributed by atoms with Gasteiger partial charge >= 0.3 is 0 Å². The normalized spacial score (nSPS) is 22.3. The Morgan fingerprint density at radius 1 is 1.56 bits per heavy atom. The van der Waals surface area contributed by atoms with Crippen LogP contribution in [0.25, 0.3) is 0 Å². The van der Waals surface area contributed by atoms with E-state index in [1.807, 2.05) is 6.07 Å². The third-order valence-electron chi connectivity index (χ3n) is 2.63. The highest BCUT2D eigenvalue weighted by Crippen LogP contribution is 2.32. The van der Waals surface area contributed by atoms with Crippen molar-refractivity contribution in [2.45, 2.75) is 10.9 Å². The molecule has 1 aliphatic rings. The maximum Gasteiger partial charge on any atom is 0.183 e. The summed E-state index contributed by atoms with van der Waals surface area (Å²) in [5.74, 6) is -0.766. The second-order valence-corrected chi connectivity index (χ2v) is 5.65. The SMILES string of the molecule is CN1c2cc(F)ccc2S(=O)(=O)CC1C#N. The Bertz CT molecular complexity index is 577. The first-order chi connectivity index (χ1) is 7.45. The number of fused-ring (bicyclic) bond motifs is 1. The minimum atomic E-state index is -3.48. The number of benzene rings is 1. The lowest BCUT2D eigenvalue weighted by molar-refractivity contribution is 0.583. The van der Waals surface area contributed by atoms with Crippen molar-refractivity contribution in [3.8, 4) is 6.07 Å². The molecule has 1 aromatic rings. The lowest BCUT2D eigenvalue weighted by Crippen LogP contribution is -2.41. The predicted molar refractivity (Wildman–Crippen MR) is 56.3 cm³/mol. The third-order valence-corrected chi connectivity index (χ3v) is 4.40. The van der Waals surface area contributed by atoms with Gasteiger partial charge in [0.25, 0.3) is 0 Å². The minimum absolute atomic E-state index is 0.0860. The topological polar surface area (TPSA) is 61.2 Å². The van der Waals surface area contributed by atoms with E-state index in [4.69, 9.17) is 5.26 Å². The van der Waals surface area contributed by atoms with Gasteiger partial charge in [-0.05, 0) is 18.2 Å². The summed E-state index contributed by atoms with van der Waals surface area (Å²) in [6, 6.07) is 4.61. The standard InChI is InChI=1S/C10H9FN2O2S/c1-13-8(5-12)6-16(14,15)10-3-2-7(11)4-9(10)13/h2-4,8H,6H2,1H3. The number of hydrogen-bond acceptors (Lipinski definition) is 4. The quantitative estimate of drug-likeness (QED) is 0.633. The van der Waals surface area contributed by atoms with Crippen molar-refractivity contribution in [2.24, 2.45) is 0 Å². The minimum Gasteiger partial charge on any atom is -0.357 e. The molecule has 1 aromatic carbocycles. The number of nitrogens with zero attached hydrogens (tertiary/aromatic N) is 2. The molecule has 0 amide bonds. The highest BCUT2D eigenvalue weighted by molar-refractivity contribution is 7.91. The van der Waals surface area contributed by atoms with E-state index in [1.54, 1.807) is 7.05 Å². The summed E-state index contributed by atoms with van der Waals surface area (Å²) < 4.78 is 36.6. The van der Waals surface area contributed by atoms with Crippen molar-refractivity contribution in [1.29, 1.82) is 5.26 Å². The van der Waals surface area contributed by atoms with E-state index in [-0.39, 0.29) is 16.3 Å². The monoisotopic (exact) mass is 240 g/mol. The fraction of sp³-hybridized carbons (Fsp3) is 0.300. The van der Waals surface area contributed by atoms with Crippen LogP contribution in [0.4, 0.5) is 10.1 Å². The van der Waals surface area contributed by atoms with Gasteiger partial charge < -0.3 is 4.90 Å². The fourth-order valence-electron chi connectivity index (χ4n) is 1.73. The smallest absolute Gasteiger partial charge is 0.183 e. The average Bonchev–Trinajstić information content (AvgIpc) is 2.23. The summed E-state index contributed by atoms with van der Waals surface area (Å²) >= 11 is 0. The first kappa shape index (κ1) is 10.9. The van der Waals surface area contributed by atoms with Crippen LogP contribution in [0.2, 0.25) is 0 Å². The summed E-state index contributed by atoms with van der Waals surface area (Å²) in [5, 5.41) is 8.84. The Morgan fingerprint density at radius 2 is 2.25 bits per heavy atom. The molecule has 0 saturated carbocycles. The second kappa shape index (κ2) is 3.46. The molecule has 1 heterocycles. The highest BCUT2D eigenvalue weighted by Gasteiger charge is 2.34. The van der Waals surface area contributed by atoms with E-state index >= 15 is 0 Å². The number of rotatable bonds is 0. The van der Waals surface area contributed by atoms with Crippen LogP contribution in [0.15, 0.2) is 23.1 Å². The van der Waals surface area contributed by atoms with Gasteiger partial charge in [0.15, 0.2) is 9.84 Å². The van der Waals surface area contributed by atoms with Gasteiger partial charge in [0, 0.05) is 7.05 Å². The maximum absolute atomic E-state index is 13.0. The van der Waals surface area contributed by atoms with E-state index in [1.165, 1.54) is 11.0 Å². The van der Waals surface area contributed by atoms with E-state index in [0.717, 1.165) is 12.1 Å². The van der Waals surface area contributed by atoms with Crippen LogP contribution < -0.4 is 4.90 Å². The molecule has 4 nitrogen and oxygen atoms in total. The van der Waals surface area contributed by atoms with Gasteiger partial charge in [-0.1, -0.05) is 0 Å². The Kier molecular flexibility index (Phi) is 2.35. The number of nitriles is 1. The Morgan fingerprint density at radius 3 is 2.88 bits per heavy atom. The van der Waals surface area contributed by atoms with Gasteiger partial charge in [0.2, 0.25) is 0 Å². The Balaban J connectivity index is 2.69. The Hall–Kier alpha value is -1.61. The molecule has 0 bridgehead atoms. The molecule has 0 aliphatic carbocycles. The molecular weight excluding hydrogens is 231 g/mol. The Labute approximate surface area is 92.8 Å². The molecule has 16 heavy (non-hydrogen) atoms. The van der Waals surface area contributed by atoms with E-state index in [0.29, 0.717) is 0 Å². The zero-order valence-electron chi connectivity index (χ0n) is 8.51. The largest absolute Gasteiger partial charge is 0.357 e. The van der Waals surface area contributed by atoms with Crippen LogP contribution in [0.1, 0.15) is 0 Å². The second-order valence-electron chi connectivity index (χ2n) is 3.65. The molecule has 0 radical (unpaired) electrons. The van der Waals surface area contributed by atoms with Gasteiger partial charge in [0.05, 0.1) is 22.4 Å². The summed E-state index contributed by atoms with van der Waals surface area (Å²) in [6.45, 7) is 0. The van der Waals surface area contributed by atoms with Crippen molar-refractivity contribution < 1.29 is 12.8 Å². The molecule has 0 fully saturated rings. The van der Waals surface area contributed by atoms with Crippen LogP contribution in [-0.4, -0.2) is 27.3 Å². The van der Waals surface area contributed by atoms with Crippen molar-refractivity contribution in [2.75, 3.05) is 17.7 Å². The molecule has 1 atom stereocenters. The number of sulfone groups is 1. The van der Waals surface area contributed by atoms with Crippen LogP contribution in [0, 0.1) is 17.1 Å². The highest BCUT2D eigenvalue weighted by atomic mass is 32.2. The number of hydrogen-bond donors (Lipinski definition) is 0. The first-order valence-corrected chi connectivity index (χ1v) is 6.25. The van der Waals surface area contributed by atoms with Crippen LogP contribution >= 0.6 is 0 Å². The lowest BCUT2D eigenvalue weighted by Gasteiger charge is -2.31. The van der Waals surface area contributed by atoms with Crippen LogP contribution in [0.3, 0.4) is 0 Å². The fourth-order valence-corrected chi connectivity index (χ4v) is 3.42. The van der Waals surface area contributed by atoms with E-state index in [9.17, 15) is 12.8 Å². The van der Waals surface area contributed by atoms with Crippen LogP contribution in [0.5, 0.6) is 0 Å².